The Morgan fingerprint density at radius 1 is 1.22 bits per heavy atom. The second kappa shape index (κ2) is 7.71. The molecule has 0 aliphatic rings. The number of carbonyl (C=O) groups is 1. The van der Waals surface area contributed by atoms with Crippen LogP contribution in [-0.2, 0) is 9.53 Å². The summed E-state index contributed by atoms with van der Waals surface area (Å²) >= 11 is 0. The zero-order valence-electron chi connectivity index (χ0n) is 11.3. The number of likely N-dealkylation sites (N-methyl/N-ethyl adjacent to an activating group) is 1. The number of nitrogens with zero attached hydrogens (tertiary/aromatic N) is 2. The van der Waals surface area contributed by atoms with Gasteiger partial charge >= 0.3 is 5.97 Å². The number of carbonyl (C=O) groups excluding carboxylic acids is 1. The van der Waals surface area contributed by atoms with Gasteiger partial charge in [0, 0.05) is 25.3 Å². The molecule has 0 saturated carbocycles. The van der Waals surface area contributed by atoms with Gasteiger partial charge in [0.15, 0.2) is 0 Å². The van der Waals surface area contributed by atoms with Crippen molar-refractivity contribution in [1.29, 1.82) is 0 Å². The van der Waals surface area contributed by atoms with E-state index < -0.39 is 0 Å². The standard InChI is InChI=1S/C14H21N2O2/c1-15(2)11-12-16(10-9-14(17)18-3)13-7-5-4-6-8-13/h5-8H,9-12H2,1-3H3. The van der Waals surface area contributed by atoms with E-state index in [1.807, 2.05) is 38.4 Å². The van der Waals surface area contributed by atoms with E-state index in [9.17, 15) is 4.79 Å². The summed E-state index contributed by atoms with van der Waals surface area (Å²) in [5.74, 6) is -0.174. The van der Waals surface area contributed by atoms with Crippen molar-refractivity contribution in [2.75, 3.05) is 45.7 Å². The van der Waals surface area contributed by atoms with Crippen molar-refractivity contribution in [1.82, 2.24) is 4.90 Å². The van der Waals surface area contributed by atoms with Crippen LogP contribution in [0.5, 0.6) is 0 Å². The van der Waals surface area contributed by atoms with Gasteiger partial charge in [0.2, 0.25) is 0 Å². The highest BCUT2D eigenvalue weighted by Gasteiger charge is 2.09. The minimum Gasteiger partial charge on any atom is -0.469 e. The van der Waals surface area contributed by atoms with Crippen LogP contribution in [0.25, 0.3) is 0 Å². The molecule has 0 saturated heterocycles. The normalized spacial score (nSPS) is 10.4. The summed E-state index contributed by atoms with van der Waals surface area (Å²) in [6.45, 7) is 2.50. The van der Waals surface area contributed by atoms with Crippen molar-refractivity contribution in [3.05, 3.63) is 30.3 Å². The summed E-state index contributed by atoms with van der Waals surface area (Å²) in [5, 5.41) is 0. The molecule has 4 heteroatoms. The average molecular weight is 249 g/mol. The maximum Gasteiger partial charge on any atom is 0.307 e. The Morgan fingerprint density at radius 2 is 1.89 bits per heavy atom. The topological polar surface area (TPSA) is 32.8 Å². The molecule has 1 aromatic rings. The molecule has 18 heavy (non-hydrogen) atoms. The van der Waals surface area contributed by atoms with Gasteiger partial charge in [-0.25, -0.2) is 0 Å². The van der Waals surface area contributed by atoms with Crippen molar-refractivity contribution in [2.24, 2.45) is 0 Å². The molecule has 0 aliphatic carbocycles. The Hall–Kier alpha value is -1.55. The van der Waals surface area contributed by atoms with E-state index in [0.717, 1.165) is 18.8 Å². The fraction of sp³-hybridized carbons (Fsp3) is 0.500. The minimum absolute atomic E-state index is 0.174. The van der Waals surface area contributed by atoms with E-state index >= 15 is 0 Å². The van der Waals surface area contributed by atoms with Crippen LogP contribution in [0.2, 0.25) is 0 Å². The van der Waals surface area contributed by atoms with Gasteiger partial charge in [0.1, 0.15) is 0 Å². The largest absolute Gasteiger partial charge is 0.469 e. The third kappa shape index (κ3) is 5.19. The molecular formula is C14H21N2O2. The third-order valence-corrected chi connectivity index (χ3v) is 2.70. The SMILES string of the molecule is COC(=O)CCN(CCN(C)C)c1cc[c]cc1. The second-order valence-electron chi connectivity index (χ2n) is 4.37. The smallest absolute Gasteiger partial charge is 0.307 e. The van der Waals surface area contributed by atoms with Crippen LogP contribution in [0.15, 0.2) is 24.3 Å². The van der Waals surface area contributed by atoms with Gasteiger partial charge in [-0.05, 0) is 32.3 Å². The van der Waals surface area contributed by atoms with Crippen LogP contribution in [-0.4, -0.2) is 51.7 Å². The molecule has 0 bridgehead atoms. The molecule has 1 aromatic carbocycles. The lowest BCUT2D eigenvalue weighted by atomic mass is 10.2. The molecule has 4 nitrogen and oxygen atoms in total. The van der Waals surface area contributed by atoms with Gasteiger partial charge in [-0.1, -0.05) is 12.1 Å². The lowest BCUT2D eigenvalue weighted by Crippen LogP contribution is -2.33. The molecule has 0 aliphatic heterocycles. The second-order valence-corrected chi connectivity index (χ2v) is 4.37. The van der Waals surface area contributed by atoms with Gasteiger partial charge in [0.25, 0.3) is 0 Å². The number of anilines is 1. The van der Waals surface area contributed by atoms with Crippen LogP contribution in [0, 0.1) is 6.07 Å². The fourth-order valence-electron chi connectivity index (χ4n) is 1.61. The molecule has 1 rings (SSSR count). The minimum atomic E-state index is -0.174. The molecule has 0 unspecified atom stereocenters. The van der Waals surface area contributed by atoms with Crippen LogP contribution in [0.4, 0.5) is 5.69 Å². The Bertz CT molecular complexity index is 352. The fourth-order valence-corrected chi connectivity index (χ4v) is 1.61. The van der Waals surface area contributed by atoms with Gasteiger partial charge in [-0.15, -0.1) is 0 Å². The zero-order valence-corrected chi connectivity index (χ0v) is 11.3. The maximum atomic E-state index is 11.2. The first-order valence-corrected chi connectivity index (χ1v) is 6.06. The number of hydrogen-bond donors (Lipinski definition) is 0. The highest BCUT2D eigenvalue weighted by molar-refractivity contribution is 5.70. The van der Waals surface area contributed by atoms with E-state index in [-0.39, 0.29) is 5.97 Å². The molecule has 0 fully saturated rings. The number of ether oxygens (including phenoxy) is 1. The predicted octanol–water partition coefficient (Wildman–Crippen LogP) is 1.42. The highest BCUT2D eigenvalue weighted by atomic mass is 16.5. The van der Waals surface area contributed by atoms with Gasteiger partial charge < -0.3 is 14.5 Å². The molecule has 0 amide bonds. The predicted molar refractivity (Wildman–Crippen MR) is 72.7 cm³/mol. The van der Waals surface area contributed by atoms with Crippen LogP contribution >= 0.6 is 0 Å². The van der Waals surface area contributed by atoms with Crippen molar-refractivity contribution < 1.29 is 9.53 Å². The van der Waals surface area contributed by atoms with E-state index in [0.29, 0.717) is 13.0 Å². The van der Waals surface area contributed by atoms with Crippen molar-refractivity contribution in [3.63, 3.8) is 0 Å². The first-order chi connectivity index (χ1) is 8.63. The molecule has 0 heterocycles. The van der Waals surface area contributed by atoms with Crippen molar-refractivity contribution in [2.45, 2.75) is 6.42 Å². The lowest BCUT2D eigenvalue weighted by Gasteiger charge is -2.26. The Balaban J connectivity index is 2.60. The van der Waals surface area contributed by atoms with E-state index in [1.54, 1.807) is 0 Å². The van der Waals surface area contributed by atoms with Crippen LogP contribution in [0.1, 0.15) is 6.42 Å². The van der Waals surface area contributed by atoms with Gasteiger partial charge in [0.05, 0.1) is 13.5 Å². The first-order valence-electron chi connectivity index (χ1n) is 6.06. The summed E-state index contributed by atoms with van der Waals surface area (Å²) in [7, 11) is 5.50. The first kappa shape index (κ1) is 14.5. The van der Waals surface area contributed by atoms with Gasteiger partial charge in [-0.2, -0.15) is 0 Å². The molecule has 0 spiro atoms. The summed E-state index contributed by atoms with van der Waals surface area (Å²) < 4.78 is 4.68. The average Bonchev–Trinajstić information content (AvgIpc) is 2.39. The summed E-state index contributed by atoms with van der Waals surface area (Å²) in [6.07, 6.45) is 0.405. The Morgan fingerprint density at radius 3 is 2.44 bits per heavy atom. The number of hydrogen-bond acceptors (Lipinski definition) is 4. The maximum absolute atomic E-state index is 11.2. The number of rotatable bonds is 7. The molecule has 99 valence electrons. The van der Waals surface area contributed by atoms with Gasteiger partial charge in [-0.3, -0.25) is 4.79 Å². The Labute approximate surface area is 109 Å². The molecule has 0 aromatic heterocycles. The zero-order chi connectivity index (χ0) is 13.4. The quantitative estimate of drug-likeness (QED) is 0.684. The highest BCUT2D eigenvalue weighted by Crippen LogP contribution is 2.13. The lowest BCUT2D eigenvalue weighted by molar-refractivity contribution is -0.140. The molecular weight excluding hydrogens is 228 g/mol. The third-order valence-electron chi connectivity index (χ3n) is 2.70. The molecule has 0 N–H and O–H groups in total. The number of benzene rings is 1. The van der Waals surface area contributed by atoms with Crippen molar-refractivity contribution in [3.8, 4) is 0 Å². The van der Waals surface area contributed by atoms with E-state index in [4.69, 9.17) is 0 Å². The number of methoxy groups -OCH3 is 1. The van der Waals surface area contributed by atoms with Crippen molar-refractivity contribution >= 4 is 11.7 Å². The molecule has 1 radical (unpaired) electrons. The van der Waals surface area contributed by atoms with E-state index in [1.165, 1.54) is 7.11 Å². The summed E-state index contributed by atoms with van der Waals surface area (Å²) in [4.78, 5) is 15.5. The number of esters is 1. The summed E-state index contributed by atoms with van der Waals surface area (Å²) in [6, 6.07) is 10.8. The monoisotopic (exact) mass is 249 g/mol. The van der Waals surface area contributed by atoms with Crippen LogP contribution < -0.4 is 4.90 Å². The summed E-state index contributed by atoms with van der Waals surface area (Å²) in [5.41, 5.74) is 1.11. The Kier molecular flexibility index (Phi) is 6.22. The van der Waals surface area contributed by atoms with E-state index in [2.05, 4.69) is 20.6 Å². The van der Waals surface area contributed by atoms with Crippen LogP contribution in [0.3, 0.4) is 0 Å². The molecule has 0 atom stereocenters.